The molecule has 1 aliphatic rings. The molecule has 0 saturated heterocycles. The molecule has 0 radical (unpaired) electrons. The van der Waals surface area contributed by atoms with Gasteiger partial charge in [0.25, 0.3) is 0 Å². The molecule has 1 fully saturated rings. The Morgan fingerprint density at radius 3 is 2.00 bits per heavy atom. The first-order valence-corrected chi connectivity index (χ1v) is 6.46. The van der Waals surface area contributed by atoms with Crippen LogP contribution in [0.1, 0.15) is 66.2 Å². The maximum atomic E-state index is 4.83. The third-order valence-electron chi connectivity index (χ3n) is 3.37. The minimum absolute atomic E-state index is 0.276. The van der Waals surface area contributed by atoms with Gasteiger partial charge in [-0.05, 0) is 30.6 Å². The molecular weight excluding hydrogens is 188 g/mol. The second-order valence-electron chi connectivity index (χ2n) is 6.56. The van der Waals surface area contributed by atoms with Crippen LogP contribution in [-0.4, -0.2) is 4.75 Å². The van der Waals surface area contributed by atoms with Gasteiger partial charge in [0.1, 0.15) is 0 Å². The van der Waals surface area contributed by atoms with Crippen LogP contribution in [0, 0.1) is 11.3 Å². The van der Waals surface area contributed by atoms with Crippen molar-refractivity contribution in [3.8, 4) is 0 Å². The summed E-state index contributed by atoms with van der Waals surface area (Å²) in [5, 5.41) is 0. The molecular formula is C13H26S. The standard InChI is InChI=1S/C13H26S/c1-12(2,3)8-9-13(4,14)10-11-6-5-7-11/h11,14H,5-10H2,1-4H3. The fraction of sp³-hybridized carbons (Fsp3) is 1.00. The molecule has 0 heterocycles. The van der Waals surface area contributed by atoms with E-state index in [1.165, 1.54) is 38.5 Å². The van der Waals surface area contributed by atoms with E-state index in [0.717, 1.165) is 5.92 Å². The molecule has 0 amide bonds. The topological polar surface area (TPSA) is 0 Å². The SMILES string of the molecule is CC(C)(C)CCC(C)(S)CC1CCC1. The third-order valence-corrected chi connectivity index (χ3v) is 3.77. The summed E-state index contributed by atoms with van der Waals surface area (Å²) in [6, 6.07) is 0. The number of hydrogen-bond acceptors (Lipinski definition) is 1. The van der Waals surface area contributed by atoms with Crippen molar-refractivity contribution in [3.05, 3.63) is 0 Å². The molecule has 1 saturated carbocycles. The summed E-state index contributed by atoms with van der Waals surface area (Å²) in [6.45, 7) is 9.28. The monoisotopic (exact) mass is 214 g/mol. The Hall–Kier alpha value is 0.350. The van der Waals surface area contributed by atoms with E-state index < -0.39 is 0 Å². The third kappa shape index (κ3) is 4.72. The van der Waals surface area contributed by atoms with Gasteiger partial charge >= 0.3 is 0 Å². The number of hydrogen-bond donors (Lipinski definition) is 1. The summed E-state index contributed by atoms with van der Waals surface area (Å²) >= 11 is 4.83. The van der Waals surface area contributed by atoms with Crippen LogP contribution in [0.2, 0.25) is 0 Å². The second-order valence-corrected chi connectivity index (χ2v) is 7.64. The lowest BCUT2D eigenvalue weighted by molar-refractivity contribution is 0.250. The summed E-state index contributed by atoms with van der Waals surface area (Å²) in [4.78, 5) is 0. The lowest BCUT2D eigenvalue weighted by atomic mass is 9.76. The van der Waals surface area contributed by atoms with Crippen molar-refractivity contribution in [2.45, 2.75) is 71.0 Å². The molecule has 0 bridgehead atoms. The first-order valence-electron chi connectivity index (χ1n) is 6.01. The van der Waals surface area contributed by atoms with Crippen molar-refractivity contribution in [2.24, 2.45) is 11.3 Å². The van der Waals surface area contributed by atoms with Crippen molar-refractivity contribution >= 4 is 12.6 Å². The second kappa shape index (κ2) is 4.47. The van der Waals surface area contributed by atoms with Crippen molar-refractivity contribution in [2.75, 3.05) is 0 Å². The predicted octanol–water partition coefficient (Wildman–Crippen LogP) is 4.69. The Labute approximate surface area is 95.3 Å². The van der Waals surface area contributed by atoms with Gasteiger partial charge in [0.15, 0.2) is 0 Å². The van der Waals surface area contributed by atoms with Crippen LogP contribution in [0.3, 0.4) is 0 Å². The average Bonchev–Trinajstić information content (AvgIpc) is 1.93. The van der Waals surface area contributed by atoms with E-state index in [1.807, 2.05) is 0 Å². The van der Waals surface area contributed by atoms with E-state index in [9.17, 15) is 0 Å². The summed E-state index contributed by atoms with van der Waals surface area (Å²) in [5.41, 5.74) is 0.462. The van der Waals surface area contributed by atoms with Crippen molar-refractivity contribution < 1.29 is 0 Å². The van der Waals surface area contributed by atoms with E-state index in [-0.39, 0.29) is 4.75 Å². The van der Waals surface area contributed by atoms with E-state index >= 15 is 0 Å². The predicted molar refractivity (Wildman–Crippen MR) is 68.0 cm³/mol. The smallest absolute Gasteiger partial charge is 0.0104 e. The normalized spacial score (nSPS) is 22.9. The molecule has 1 rings (SSSR count). The Morgan fingerprint density at radius 1 is 1.07 bits per heavy atom. The molecule has 1 aliphatic carbocycles. The molecule has 0 spiro atoms. The van der Waals surface area contributed by atoms with E-state index in [1.54, 1.807) is 0 Å². The maximum Gasteiger partial charge on any atom is 0.0104 e. The lowest BCUT2D eigenvalue weighted by Crippen LogP contribution is -2.26. The van der Waals surface area contributed by atoms with Gasteiger partial charge in [-0.3, -0.25) is 0 Å². The summed E-state index contributed by atoms with van der Waals surface area (Å²) < 4.78 is 0.276. The van der Waals surface area contributed by atoms with Crippen LogP contribution >= 0.6 is 12.6 Å². The minimum Gasteiger partial charge on any atom is -0.173 e. The van der Waals surface area contributed by atoms with Gasteiger partial charge in [-0.1, -0.05) is 47.0 Å². The highest BCUT2D eigenvalue weighted by Gasteiger charge is 2.28. The highest BCUT2D eigenvalue weighted by atomic mass is 32.1. The fourth-order valence-corrected chi connectivity index (χ4v) is 2.44. The fourth-order valence-electron chi connectivity index (χ4n) is 2.07. The lowest BCUT2D eigenvalue weighted by Gasteiger charge is -2.35. The number of thiol groups is 1. The Kier molecular flexibility index (Phi) is 3.96. The average molecular weight is 214 g/mol. The molecule has 0 aliphatic heterocycles. The molecule has 0 aromatic heterocycles. The van der Waals surface area contributed by atoms with Crippen LogP contribution < -0.4 is 0 Å². The zero-order valence-corrected chi connectivity index (χ0v) is 11.2. The number of rotatable bonds is 4. The summed E-state index contributed by atoms with van der Waals surface area (Å²) in [5.74, 6) is 0.984. The Bertz CT molecular complexity index is 172. The summed E-state index contributed by atoms with van der Waals surface area (Å²) in [7, 11) is 0. The Morgan fingerprint density at radius 2 is 1.64 bits per heavy atom. The minimum atomic E-state index is 0.276. The van der Waals surface area contributed by atoms with E-state index in [0.29, 0.717) is 5.41 Å². The molecule has 1 unspecified atom stereocenters. The molecule has 14 heavy (non-hydrogen) atoms. The Balaban J connectivity index is 2.25. The molecule has 84 valence electrons. The molecule has 1 heteroatoms. The molecule has 1 atom stereocenters. The molecule has 0 N–H and O–H groups in total. The largest absolute Gasteiger partial charge is 0.173 e. The zero-order valence-electron chi connectivity index (χ0n) is 10.3. The van der Waals surface area contributed by atoms with Crippen LogP contribution in [0.4, 0.5) is 0 Å². The highest BCUT2D eigenvalue weighted by molar-refractivity contribution is 7.81. The van der Waals surface area contributed by atoms with Gasteiger partial charge in [0.2, 0.25) is 0 Å². The van der Waals surface area contributed by atoms with Gasteiger partial charge in [0.05, 0.1) is 0 Å². The first-order chi connectivity index (χ1) is 6.29. The van der Waals surface area contributed by atoms with Gasteiger partial charge in [-0.15, -0.1) is 0 Å². The van der Waals surface area contributed by atoms with Crippen LogP contribution in [0.5, 0.6) is 0 Å². The van der Waals surface area contributed by atoms with E-state index in [4.69, 9.17) is 12.6 Å². The van der Waals surface area contributed by atoms with Crippen LogP contribution in [0.15, 0.2) is 0 Å². The van der Waals surface area contributed by atoms with Crippen LogP contribution in [0.25, 0.3) is 0 Å². The van der Waals surface area contributed by atoms with Crippen molar-refractivity contribution in [1.29, 1.82) is 0 Å². The van der Waals surface area contributed by atoms with E-state index in [2.05, 4.69) is 27.7 Å². The van der Waals surface area contributed by atoms with Crippen molar-refractivity contribution in [3.63, 3.8) is 0 Å². The molecule has 0 aromatic carbocycles. The zero-order chi connectivity index (χ0) is 10.8. The first kappa shape index (κ1) is 12.4. The van der Waals surface area contributed by atoms with Crippen LogP contribution in [-0.2, 0) is 0 Å². The van der Waals surface area contributed by atoms with Gasteiger partial charge in [0, 0.05) is 4.75 Å². The van der Waals surface area contributed by atoms with Crippen molar-refractivity contribution in [1.82, 2.24) is 0 Å². The van der Waals surface area contributed by atoms with Gasteiger partial charge < -0.3 is 0 Å². The van der Waals surface area contributed by atoms with Gasteiger partial charge in [-0.25, -0.2) is 0 Å². The summed E-state index contributed by atoms with van der Waals surface area (Å²) in [6.07, 6.45) is 8.23. The molecule has 0 nitrogen and oxygen atoms in total. The quantitative estimate of drug-likeness (QED) is 0.645. The highest BCUT2D eigenvalue weighted by Crippen LogP contribution is 2.39. The van der Waals surface area contributed by atoms with Gasteiger partial charge in [-0.2, -0.15) is 12.6 Å². The molecule has 0 aromatic rings. The maximum absolute atomic E-state index is 4.83.